The molecule has 3 rings (SSSR count). The zero-order valence-electron chi connectivity index (χ0n) is 30.2. The number of ether oxygens (including phenoxy) is 1. The molecule has 0 bridgehead atoms. The molecule has 0 saturated carbocycles. The Labute approximate surface area is 298 Å². The summed E-state index contributed by atoms with van der Waals surface area (Å²) < 4.78 is 7.43. The van der Waals surface area contributed by atoms with Crippen LogP contribution in [0.3, 0.4) is 0 Å². The second kappa shape index (κ2) is 18.5. The van der Waals surface area contributed by atoms with Crippen molar-refractivity contribution in [2.45, 2.75) is 91.5 Å². The van der Waals surface area contributed by atoms with E-state index in [4.69, 9.17) is 4.74 Å². The number of aryl methyl sites for hydroxylation is 1. The molecule has 2 aromatic heterocycles. The lowest BCUT2D eigenvalue weighted by Crippen LogP contribution is -2.54. The molecular formula is C37H51N5O7S. The molecule has 6 atom stereocenters. The zero-order valence-corrected chi connectivity index (χ0v) is 31.0. The standard InChI is InChI=1S/C37H51N5O7S/c1-9-23(4)32(40-34(45)29-16-13-17-41(29)7)36(46)42(8)30(22(2)3)20-31(49-25(6)43)35-39-28(21-50-35)33(44)38-27(18-24(5)37(47)48)19-26-14-11-10-12-15-26/h10-17,21-24,27,30-32H,9,18-20H2,1-8H3,(H,38,44)(H,40,45)(H,47,48)/t23-,24-,27+,30+,31+,32-/m0/s1. The molecule has 50 heavy (non-hydrogen) atoms. The van der Waals surface area contributed by atoms with E-state index in [1.54, 1.807) is 54.2 Å². The van der Waals surface area contributed by atoms with Gasteiger partial charge in [0, 0.05) is 51.1 Å². The van der Waals surface area contributed by atoms with Crippen molar-refractivity contribution in [2.24, 2.45) is 24.8 Å². The van der Waals surface area contributed by atoms with Crippen molar-refractivity contribution in [3.63, 3.8) is 0 Å². The van der Waals surface area contributed by atoms with Gasteiger partial charge in [-0.1, -0.05) is 71.4 Å². The Balaban J connectivity index is 1.82. The third kappa shape index (κ3) is 11.0. The topological polar surface area (TPSA) is 160 Å². The molecule has 0 aliphatic carbocycles. The number of esters is 1. The summed E-state index contributed by atoms with van der Waals surface area (Å²) in [6.45, 7) is 10.7. The van der Waals surface area contributed by atoms with Crippen molar-refractivity contribution in [2.75, 3.05) is 7.05 Å². The summed E-state index contributed by atoms with van der Waals surface area (Å²) in [6, 6.07) is 11.3. The minimum absolute atomic E-state index is 0.0686. The molecule has 0 aliphatic heterocycles. The van der Waals surface area contributed by atoms with E-state index in [1.165, 1.54) is 18.3 Å². The number of thiazole rings is 1. The van der Waals surface area contributed by atoms with Crippen molar-refractivity contribution in [3.8, 4) is 0 Å². The average Bonchev–Trinajstić information content (AvgIpc) is 3.74. The highest BCUT2D eigenvalue weighted by Crippen LogP contribution is 2.31. The fraction of sp³-hybridized carbons (Fsp3) is 0.514. The maximum absolute atomic E-state index is 14.1. The molecular weight excluding hydrogens is 659 g/mol. The van der Waals surface area contributed by atoms with Crippen LogP contribution in [0.15, 0.2) is 54.0 Å². The lowest BCUT2D eigenvalue weighted by Gasteiger charge is -2.37. The van der Waals surface area contributed by atoms with Gasteiger partial charge in [-0.05, 0) is 42.4 Å². The number of carbonyl (C=O) groups is 5. The van der Waals surface area contributed by atoms with Gasteiger partial charge in [0.05, 0.1) is 5.92 Å². The summed E-state index contributed by atoms with van der Waals surface area (Å²) in [5.41, 5.74) is 1.52. The molecule has 0 unspecified atom stereocenters. The van der Waals surface area contributed by atoms with Gasteiger partial charge in [0.1, 0.15) is 22.4 Å². The average molecular weight is 710 g/mol. The highest BCUT2D eigenvalue weighted by atomic mass is 32.1. The van der Waals surface area contributed by atoms with Crippen LogP contribution in [0, 0.1) is 17.8 Å². The highest BCUT2D eigenvalue weighted by molar-refractivity contribution is 7.09. The second-order valence-corrected chi connectivity index (χ2v) is 14.2. The van der Waals surface area contributed by atoms with Gasteiger partial charge in [0.15, 0.2) is 6.10 Å². The third-order valence-electron chi connectivity index (χ3n) is 9.07. The Morgan fingerprint density at radius 2 is 1.66 bits per heavy atom. The summed E-state index contributed by atoms with van der Waals surface area (Å²) in [6.07, 6.45) is 2.45. The maximum atomic E-state index is 14.1. The number of benzene rings is 1. The normalized spacial score (nSPS) is 14.9. The van der Waals surface area contributed by atoms with Crippen LogP contribution in [0.25, 0.3) is 0 Å². The summed E-state index contributed by atoms with van der Waals surface area (Å²) in [5, 5.41) is 17.4. The number of aromatic nitrogens is 2. The van der Waals surface area contributed by atoms with Crippen LogP contribution in [0.1, 0.15) is 98.5 Å². The molecule has 2 heterocycles. The Morgan fingerprint density at radius 3 is 2.22 bits per heavy atom. The van der Waals surface area contributed by atoms with Crippen molar-refractivity contribution >= 4 is 41.0 Å². The minimum atomic E-state index is -0.949. The molecule has 13 heteroatoms. The van der Waals surface area contributed by atoms with Gasteiger partial charge in [0.2, 0.25) is 5.91 Å². The lowest BCUT2D eigenvalue weighted by molar-refractivity contribution is -0.148. The van der Waals surface area contributed by atoms with Crippen molar-refractivity contribution in [3.05, 3.63) is 76.0 Å². The number of hydrogen-bond acceptors (Lipinski definition) is 8. The Kier molecular flexibility index (Phi) is 14.7. The number of aliphatic carboxylic acids is 1. The lowest BCUT2D eigenvalue weighted by atomic mass is 9.93. The quantitative estimate of drug-likeness (QED) is 0.151. The number of amides is 3. The van der Waals surface area contributed by atoms with Crippen molar-refractivity contribution < 1.29 is 33.8 Å². The number of hydrogen-bond donors (Lipinski definition) is 3. The van der Waals surface area contributed by atoms with E-state index < -0.39 is 48.0 Å². The molecule has 272 valence electrons. The van der Waals surface area contributed by atoms with Gasteiger partial charge in [0.25, 0.3) is 11.8 Å². The number of carbonyl (C=O) groups excluding carboxylic acids is 4. The smallest absolute Gasteiger partial charge is 0.306 e. The molecule has 12 nitrogen and oxygen atoms in total. The molecule has 3 aromatic rings. The van der Waals surface area contributed by atoms with Gasteiger partial charge in [-0.25, -0.2) is 4.98 Å². The molecule has 0 aliphatic rings. The summed E-state index contributed by atoms with van der Waals surface area (Å²) >= 11 is 1.17. The molecule has 0 radical (unpaired) electrons. The van der Waals surface area contributed by atoms with E-state index in [0.717, 1.165) is 5.56 Å². The van der Waals surface area contributed by atoms with E-state index in [2.05, 4.69) is 15.6 Å². The van der Waals surface area contributed by atoms with E-state index in [9.17, 15) is 29.1 Å². The van der Waals surface area contributed by atoms with Crippen LogP contribution in [-0.4, -0.2) is 74.4 Å². The largest absolute Gasteiger partial charge is 0.481 e. The number of carboxylic acids is 1. The third-order valence-corrected chi connectivity index (χ3v) is 10.0. The Bertz CT molecular complexity index is 1600. The van der Waals surface area contributed by atoms with Crippen molar-refractivity contribution in [1.29, 1.82) is 0 Å². The molecule has 1 aromatic carbocycles. The van der Waals surface area contributed by atoms with Crippen LogP contribution in [-0.2, 0) is 32.6 Å². The van der Waals surface area contributed by atoms with E-state index in [1.807, 2.05) is 58.0 Å². The van der Waals surface area contributed by atoms with Gasteiger partial charge in [-0.2, -0.15) is 0 Å². The van der Waals surface area contributed by atoms with Crippen LogP contribution >= 0.6 is 11.3 Å². The number of likely N-dealkylation sites (N-methyl/N-ethyl adjacent to an activating group) is 1. The Hall–Kier alpha value is -4.52. The van der Waals surface area contributed by atoms with E-state index >= 15 is 0 Å². The van der Waals surface area contributed by atoms with Crippen LogP contribution in [0.2, 0.25) is 0 Å². The van der Waals surface area contributed by atoms with Crippen LogP contribution in [0.4, 0.5) is 0 Å². The number of carboxylic acid groups (broad SMARTS) is 1. The first-order valence-electron chi connectivity index (χ1n) is 17.0. The first-order chi connectivity index (χ1) is 23.6. The highest BCUT2D eigenvalue weighted by Gasteiger charge is 2.36. The number of nitrogens with zero attached hydrogens (tertiary/aromatic N) is 3. The van der Waals surface area contributed by atoms with Crippen LogP contribution < -0.4 is 10.6 Å². The summed E-state index contributed by atoms with van der Waals surface area (Å²) in [5.74, 6) is -3.47. The van der Waals surface area contributed by atoms with Gasteiger partial charge in [-0.3, -0.25) is 24.0 Å². The predicted octanol–water partition coefficient (Wildman–Crippen LogP) is 5.26. The fourth-order valence-corrected chi connectivity index (χ4v) is 6.73. The van der Waals surface area contributed by atoms with Crippen molar-refractivity contribution in [1.82, 2.24) is 25.1 Å². The minimum Gasteiger partial charge on any atom is -0.481 e. The van der Waals surface area contributed by atoms with E-state index in [-0.39, 0.29) is 42.2 Å². The second-order valence-electron chi connectivity index (χ2n) is 13.3. The number of rotatable bonds is 18. The monoisotopic (exact) mass is 709 g/mol. The van der Waals surface area contributed by atoms with Gasteiger partial charge < -0.3 is 29.9 Å². The summed E-state index contributed by atoms with van der Waals surface area (Å²) in [4.78, 5) is 70.7. The Morgan fingerprint density at radius 1 is 0.980 bits per heavy atom. The van der Waals surface area contributed by atoms with Crippen LogP contribution in [0.5, 0.6) is 0 Å². The molecule has 3 N–H and O–H groups in total. The molecule has 3 amide bonds. The zero-order chi connectivity index (χ0) is 37.1. The first kappa shape index (κ1) is 39.9. The summed E-state index contributed by atoms with van der Waals surface area (Å²) in [7, 11) is 3.45. The molecule has 0 spiro atoms. The first-order valence-corrected chi connectivity index (χ1v) is 17.9. The molecule has 0 fully saturated rings. The maximum Gasteiger partial charge on any atom is 0.306 e. The molecule has 0 saturated heterocycles. The van der Waals surface area contributed by atoms with Gasteiger partial charge >= 0.3 is 11.9 Å². The number of nitrogens with one attached hydrogen (secondary N) is 2. The predicted molar refractivity (Wildman–Crippen MR) is 192 cm³/mol. The van der Waals surface area contributed by atoms with Gasteiger partial charge in [-0.15, -0.1) is 11.3 Å². The fourth-order valence-electron chi connectivity index (χ4n) is 5.89. The van der Waals surface area contributed by atoms with E-state index in [0.29, 0.717) is 23.5 Å². The SMILES string of the molecule is CC[C@H](C)[C@H](NC(=O)c1cccn1C)C(=O)N(C)[C@H](C[C@@H](OC(C)=O)c1nc(C(=O)N[C@@H](Cc2ccccc2)C[C@H](C)C(=O)O)cs1)C(C)C.